The molecule has 0 radical (unpaired) electrons. The zero-order valence-corrected chi connectivity index (χ0v) is 18.6. The SMILES string of the molecule is Cc1cccc(C)c1NC(=O)CN(C)C(=O)COc1ccc(OCc2ccccc2)cc1. The average Bonchev–Trinajstić information content (AvgIpc) is 2.80. The van der Waals surface area contributed by atoms with E-state index in [-0.39, 0.29) is 25.0 Å². The van der Waals surface area contributed by atoms with Crippen molar-refractivity contribution in [3.8, 4) is 11.5 Å². The zero-order valence-electron chi connectivity index (χ0n) is 18.6. The molecule has 0 aliphatic carbocycles. The molecule has 0 heterocycles. The van der Waals surface area contributed by atoms with Gasteiger partial charge in [0.2, 0.25) is 5.91 Å². The van der Waals surface area contributed by atoms with E-state index in [9.17, 15) is 9.59 Å². The van der Waals surface area contributed by atoms with E-state index < -0.39 is 0 Å². The summed E-state index contributed by atoms with van der Waals surface area (Å²) in [6, 6.07) is 22.8. The Balaban J connectivity index is 1.43. The number of anilines is 1. The first-order valence-corrected chi connectivity index (χ1v) is 10.4. The largest absolute Gasteiger partial charge is 0.489 e. The van der Waals surface area contributed by atoms with Gasteiger partial charge in [0, 0.05) is 12.7 Å². The van der Waals surface area contributed by atoms with Gasteiger partial charge in [0.15, 0.2) is 6.61 Å². The Hall–Kier alpha value is -3.80. The van der Waals surface area contributed by atoms with Crippen LogP contribution in [0.1, 0.15) is 16.7 Å². The Labute approximate surface area is 188 Å². The molecule has 0 fully saturated rings. The topological polar surface area (TPSA) is 67.9 Å². The summed E-state index contributed by atoms with van der Waals surface area (Å²) < 4.78 is 11.3. The van der Waals surface area contributed by atoms with Crippen molar-refractivity contribution < 1.29 is 19.1 Å². The highest BCUT2D eigenvalue weighted by molar-refractivity contribution is 5.95. The predicted molar refractivity (Wildman–Crippen MR) is 125 cm³/mol. The third kappa shape index (κ3) is 6.60. The molecule has 166 valence electrons. The summed E-state index contributed by atoms with van der Waals surface area (Å²) in [6.07, 6.45) is 0. The van der Waals surface area contributed by atoms with Crippen molar-refractivity contribution in [1.82, 2.24) is 4.90 Å². The van der Waals surface area contributed by atoms with Crippen LogP contribution in [0.15, 0.2) is 72.8 Å². The van der Waals surface area contributed by atoms with Crippen molar-refractivity contribution in [2.45, 2.75) is 20.5 Å². The molecule has 0 aliphatic heterocycles. The summed E-state index contributed by atoms with van der Waals surface area (Å²) in [7, 11) is 1.58. The lowest BCUT2D eigenvalue weighted by Crippen LogP contribution is -2.37. The van der Waals surface area contributed by atoms with Crippen LogP contribution in [0.4, 0.5) is 5.69 Å². The maximum atomic E-state index is 12.4. The van der Waals surface area contributed by atoms with Gasteiger partial charge >= 0.3 is 0 Å². The second-order valence-electron chi connectivity index (χ2n) is 7.60. The van der Waals surface area contributed by atoms with Gasteiger partial charge in [-0.3, -0.25) is 9.59 Å². The third-order valence-electron chi connectivity index (χ3n) is 4.99. The molecule has 6 nitrogen and oxygen atoms in total. The first-order chi connectivity index (χ1) is 15.4. The molecular weight excluding hydrogens is 404 g/mol. The van der Waals surface area contributed by atoms with Gasteiger partial charge in [0.25, 0.3) is 5.91 Å². The van der Waals surface area contributed by atoms with Gasteiger partial charge in [-0.05, 0) is 54.8 Å². The Kier molecular flexibility index (Phi) is 7.86. The Morgan fingerprint density at radius 1 is 0.812 bits per heavy atom. The normalized spacial score (nSPS) is 10.3. The first-order valence-electron chi connectivity index (χ1n) is 10.4. The van der Waals surface area contributed by atoms with Crippen LogP contribution in [0, 0.1) is 13.8 Å². The number of carbonyl (C=O) groups is 2. The summed E-state index contributed by atoms with van der Waals surface area (Å²) in [4.78, 5) is 26.1. The molecule has 0 aromatic heterocycles. The number of nitrogens with one attached hydrogen (secondary N) is 1. The van der Waals surface area contributed by atoms with E-state index in [0.29, 0.717) is 18.1 Å². The molecule has 0 aliphatic rings. The number of para-hydroxylation sites is 1. The van der Waals surface area contributed by atoms with E-state index in [1.165, 1.54) is 4.90 Å². The van der Waals surface area contributed by atoms with Crippen LogP contribution >= 0.6 is 0 Å². The minimum Gasteiger partial charge on any atom is -0.489 e. The number of ether oxygens (including phenoxy) is 2. The highest BCUT2D eigenvalue weighted by Crippen LogP contribution is 2.20. The molecule has 0 atom stereocenters. The predicted octanol–water partition coefficient (Wildman–Crippen LogP) is 4.36. The molecule has 6 heteroatoms. The molecule has 1 N–H and O–H groups in total. The van der Waals surface area contributed by atoms with E-state index in [1.807, 2.05) is 62.4 Å². The molecule has 0 spiro atoms. The maximum Gasteiger partial charge on any atom is 0.260 e. The molecule has 2 amide bonds. The lowest BCUT2D eigenvalue weighted by atomic mass is 10.1. The number of amides is 2. The number of likely N-dealkylation sites (N-methyl/N-ethyl adjacent to an activating group) is 1. The van der Waals surface area contributed by atoms with Crippen LogP contribution in [0.5, 0.6) is 11.5 Å². The number of carbonyl (C=O) groups excluding carboxylic acids is 2. The minimum atomic E-state index is -0.286. The molecule has 32 heavy (non-hydrogen) atoms. The summed E-state index contributed by atoms with van der Waals surface area (Å²) in [5, 5.41) is 2.88. The van der Waals surface area contributed by atoms with Crippen LogP contribution in [-0.2, 0) is 16.2 Å². The fourth-order valence-electron chi connectivity index (χ4n) is 3.12. The molecular formula is C26H28N2O4. The van der Waals surface area contributed by atoms with Crippen LogP contribution in [0.3, 0.4) is 0 Å². The van der Waals surface area contributed by atoms with Crippen molar-refractivity contribution in [3.05, 3.63) is 89.5 Å². The van der Waals surface area contributed by atoms with Crippen LogP contribution in [-0.4, -0.2) is 36.9 Å². The summed E-state index contributed by atoms with van der Waals surface area (Å²) in [6.45, 7) is 4.14. The van der Waals surface area contributed by atoms with Gasteiger partial charge in [-0.15, -0.1) is 0 Å². The van der Waals surface area contributed by atoms with Crippen LogP contribution in [0.2, 0.25) is 0 Å². The third-order valence-corrected chi connectivity index (χ3v) is 4.99. The monoisotopic (exact) mass is 432 g/mol. The molecule has 0 saturated carbocycles. The fourth-order valence-corrected chi connectivity index (χ4v) is 3.12. The number of hydrogen-bond acceptors (Lipinski definition) is 4. The second-order valence-corrected chi connectivity index (χ2v) is 7.60. The van der Waals surface area contributed by atoms with Crippen LogP contribution < -0.4 is 14.8 Å². The highest BCUT2D eigenvalue weighted by atomic mass is 16.5. The quantitative estimate of drug-likeness (QED) is 0.546. The van der Waals surface area contributed by atoms with E-state index in [2.05, 4.69) is 5.32 Å². The molecule has 0 bridgehead atoms. The van der Waals surface area contributed by atoms with Crippen molar-refractivity contribution in [1.29, 1.82) is 0 Å². The molecule has 3 rings (SSSR count). The number of rotatable bonds is 9. The second kappa shape index (κ2) is 11.0. The van der Waals surface area contributed by atoms with Gasteiger partial charge in [-0.2, -0.15) is 0 Å². The summed E-state index contributed by atoms with van der Waals surface area (Å²) in [5.41, 5.74) is 3.82. The standard InChI is InChI=1S/C26H28N2O4/c1-19-8-7-9-20(2)26(19)27-24(29)16-28(3)25(30)18-32-23-14-12-22(13-15-23)31-17-21-10-5-4-6-11-21/h4-15H,16-18H2,1-3H3,(H,27,29). The summed E-state index contributed by atoms with van der Waals surface area (Å²) >= 11 is 0. The Morgan fingerprint density at radius 3 is 2.03 bits per heavy atom. The Bertz CT molecular complexity index is 1030. The van der Waals surface area contributed by atoms with Crippen molar-refractivity contribution in [3.63, 3.8) is 0 Å². The van der Waals surface area contributed by atoms with Gasteiger partial charge in [-0.25, -0.2) is 0 Å². The smallest absolute Gasteiger partial charge is 0.260 e. The van der Waals surface area contributed by atoms with Crippen LogP contribution in [0.25, 0.3) is 0 Å². The van der Waals surface area contributed by atoms with Crippen molar-refractivity contribution >= 4 is 17.5 Å². The van der Waals surface area contributed by atoms with E-state index in [1.54, 1.807) is 31.3 Å². The van der Waals surface area contributed by atoms with Crippen molar-refractivity contribution in [2.75, 3.05) is 25.5 Å². The first kappa shape index (κ1) is 22.9. The molecule has 3 aromatic carbocycles. The van der Waals surface area contributed by atoms with Crippen molar-refractivity contribution in [2.24, 2.45) is 0 Å². The van der Waals surface area contributed by atoms with Gasteiger partial charge < -0.3 is 19.7 Å². The average molecular weight is 433 g/mol. The van der Waals surface area contributed by atoms with E-state index >= 15 is 0 Å². The minimum absolute atomic E-state index is 0.0533. The number of aryl methyl sites for hydroxylation is 2. The number of benzene rings is 3. The van der Waals surface area contributed by atoms with Gasteiger partial charge in [0.1, 0.15) is 18.1 Å². The summed E-state index contributed by atoms with van der Waals surface area (Å²) in [5.74, 6) is 0.732. The van der Waals surface area contributed by atoms with E-state index in [0.717, 1.165) is 22.4 Å². The number of hydrogen-bond donors (Lipinski definition) is 1. The molecule has 0 saturated heterocycles. The maximum absolute atomic E-state index is 12.4. The Morgan fingerprint density at radius 2 is 1.41 bits per heavy atom. The lowest BCUT2D eigenvalue weighted by molar-refractivity contribution is -0.135. The van der Waals surface area contributed by atoms with E-state index in [4.69, 9.17) is 9.47 Å². The number of nitrogens with zero attached hydrogens (tertiary/aromatic N) is 1. The van der Waals surface area contributed by atoms with Gasteiger partial charge in [0.05, 0.1) is 6.54 Å². The molecule has 0 unspecified atom stereocenters. The molecule has 3 aromatic rings. The fraction of sp³-hybridized carbons (Fsp3) is 0.231. The van der Waals surface area contributed by atoms with Gasteiger partial charge in [-0.1, -0.05) is 48.5 Å². The lowest BCUT2D eigenvalue weighted by Gasteiger charge is -2.18. The zero-order chi connectivity index (χ0) is 22.9. The highest BCUT2D eigenvalue weighted by Gasteiger charge is 2.15.